The SMILES string of the molecule is COc1ccc(C2C(C(=O)c3cc4cc(Cl)ccc4o3)=C(O)C(=O)N2CCOC(C)C)cc1. The molecule has 8 heteroatoms. The highest BCUT2D eigenvalue weighted by Gasteiger charge is 2.44. The van der Waals surface area contributed by atoms with E-state index >= 15 is 0 Å². The van der Waals surface area contributed by atoms with E-state index in [1.807, 2.05) is 13.8 Å². The van der Waals surface area contributed by atoms with Crippen molar-refractivity contribution in [1.29, 1.82) is 0 Å². The largest absolute Gasteiger partial charge is 0.503 e. The summed E-state index contributed by atoms with van der Waals surface area (Å²) in [6, 6.07) is 12.8. The molecule has 33 heavy (non-hydrogen) atoms. The van der Waals surface area contributed by atoms with Crippen LogP contribution in [0.1, 0.15) is 36.0 Å². The van der Waals surface area contributed by atoms with E-state index in [4.69, 9.17) is 25.5 Å². The van der Waals surface area contributed by atoms with E-state index in [0.717, 1.165) is 0 Å². The Kier molecular flexibility index (Phi) is 6.44. The molecule has 0 fully saturated rings. The summed E-state index contributed by atoms with van der Waals surface area (Å²) in [6.07, 6.45) is -0.0211. The second kappa shape index (κ2) is 9.29. The van der Waals surface area contributed by atoms with Crippen molar-refractivity contribution in [2.24, 2.45) is 0 Å². The molecule has 1 aliphatic heterocycles. The number of methoxy groups -OCH3 is 1. The lowest BCUT2D eigenvalue weighted by Gasteiger charge is -2.27. The molecule has 0 radical (unpaired) electrons. The lowest BCUT2D eigenvalue weighted by molar-refractivity contribution is -0.130. The minimum absolute atomic E-state index is 0.0143. The van der Waals surface area contributed by atoms with Crippen LogP contribution in [0.15, 0.2) is 64.3 Å². The quantitative estimate of drug-likeness (QED) is 0.462. The van der Waals surface area contributed by atoms with Crippen LogP contribution in [-0.4, -0.2) is 48.1 Å². The third-order valence-corrected chi connectivity index (χ3v) is 5.70. The van der Waals surface area contributed by atoms with Gasteiger partial charge >= 0.3 is 0 Å². The van der Waals surface area contributed by atoms with Crippen LogP contribution >= 0.6 is 11.6 Å². The highest BCUT2D eigenvalue weighted by molar-refractivity contribution is 6.31. The molecule has 0 bridgehead atoms. The molecular formula is C25H24ClNO6. The summed E-state index contributed by atoms with van der Waals surface area (Å²) in [6.45, 7) is 4.24. The monoisotopic (exact) mass is 469 g/mol. The molecule has 1 atom stereocenters. The maximum atomic E-state index is 13.5. The van der Waals surface area contributed by atoms with Crippen LogP contribution in [0.2, 0.25) is 5.02 Å². The van der Waals surface area contributed by atoms with Crippen LogP contribution in [0, 0.1) is 0 Å². The third-order valence-electron chi connectivity index (χ3n) is 5.47. The fourth-order valence-corrected chi connectivity index (χ4v) is 4.08. The molecule has 0 saturated heterocycles. The average Bonchev–Trinajstić information content (AvgIpc) is 3.32. The first-order valence-electron chi connectivity index (χ1n) is 10.5. The van der Waals surface area contributed by atoms with Crippen LogP contribution in [0.5, 0.6) is 5.75 Å². The van der Waals surface area contributed by atoms with E-state index in [-0.39, 0.29) is 30.6 Å². The normalized spacial score (nSPS) is 16.3. The van der Waals surface area contributed by atoms with Crippen molar-refractivity contribution in [3.05, 3.63) is 76.2 Å². The zero-order valence-electron chi connectivity index (χ0n) is 18.5. The van der Waals surface area contributed by atoms with E-state index in [2.05, 4.69) is 0 Å². The minimum atomic E-state index is -0.802. The van der Waals surface area contributed by atoms with Gasteiger partial charge < -0.3 is 23.9 Å². The van der Waals surface area contributed by atoms with Crippen molar-refractivity contribution in [2.45, 2.75) is 26.0 Å². The Morgan fingerprint density at radius 3 is 2.58 bits per heavy atom. The fourth-order valence-electron chi connectivity index (χ4n) is 3.89. The van der Waals surface area contributed by atoms with Gasteiger partial charge in [0.2, 0.25) is 5.78 Å². The number of Topliss-reactive ketones (excluding diaryl/α,β-unsaturated/α-hetero) is 1. The summed E-state index contributed by atoms with van der Waals surface area (Å²) in [5.74, 6) is -1.15. The number of aliphatic hydroxyl groups is 1. The molecule has 0 spiro atoms. The van der Waals surface area contributed by atoms with Crippen molar-refractivity contribution in [3.8, 4) is 5.75 Å². The van der Waals surface area contributed by atoms with Crippen molar-refractivity contribution in [3.63, 3.8) is 0 Å². The number of carbonyl (C=O) groups is 2. The first kappa shape index (κ1) is 22.9. The van der Waals surface area contributed by atoms with E-state index < -0.39 is 23.5 Å². The van der Waals surface area contributed by atoms with Crippen molar-refractivity contribution < 1.29 is 28.6 Å². The van der Waals surface area contributed by atoms with Crippen LogP contribution in [0.25, 0.3) is 11.0 Å². The molecule has 4 rings (SSSR count). The Bertz CT molecular complexity index is 1230. The highest BCUT2D eigenvalue weighted by Crippen LogP contribution is 2.40. The molecule has 172 valence electrons. The maximum Gasteiger partial charge on any atom is 0.290 e. The summed E-state index contributed by atoms with van der Waals surface area (Å²) in [5.41, 5.74) is 1.09. The van der Waals surface area contributed by atoms with E-state index in [1.54, 1.807) is 55.6 Å². The third kappa shape index (κ3) is 4.47. The standard InChI is InChI=1S/C25H24ClNO6/c1-14(2)32-11-10-27-22(15-4-7-18(31-3)8-5-15)21(24(29)25(27)30)23(28)20-13-16-12-17(26)6-9-19(16)33-20/h4-9,12-14,22,29H,10-11H2,1-3H3. The highest BCUT2D eigenvalue weighted by atomic mass is 35.5. The van der Waals surface area contributed by atoms with Gasteiger partial charge in [0, 0.05) is 17.0 Å². The minimum Gasteiger partial charge on any atom is -0.503 e. The zero-order valence-corrected chi connectivity index (χ0v) is 19.3. The molecule has 1 N–H and O–H groups in total. The van der Waals surface area contributed by atoms with E-state index in [9.17, 15) is 14.7 Å². The summed E-state index contributed by atoms with van der Waals surface area (Å²) in [5, 5.41) is 11.9. The second-order valence-electron chi connectivity index (χ2n) is 7.98. The number of ketones is 1. The summed E-state index contributed by atoms with van der Waals surface area (Å²) >= 11 is 6.05. The van der Waals surface area contributed by atoms with Gasteiger partial charge in [-0.15, -0.1) is 0 Å². The molecule has 1 amide bonds. The van der Waals surface area contributed by atoms with E-state index in [1.165, 1.54) is 4.90 Å². The molecule has 7 nitrogen and oxygen atoms in total. The summed E-state index contributed by atoms with van der Waals surface area (Å²) in [4.78, 5) is 27.9. The molecule has 1 unspecified atom stereocenters. The lowest BCUT2D eigenvalue weighted by Crippen LogP contribution is -2.34. The molecule has 1 aromatic heterocycles. The first-order valence-corrected chi connectivity index (χ1v) is 10.9. The smallest absolute Gasteiger partial charge is 0.290 e. The van der Waals surface area contributed by atoms with Gasteiger partial charge in [0.15, 0.2) is 11.5 Å². The zero-order chi connectivity index (χ0) is 23.7. The average molecular weight is 470 g/mol. The number of benzene rings is 2. The van der Waals surface area contributed by atoms with E-state index in [0.29, 0.717) is 27.3 Å². The molecule has 0 aliphatic carbocycles. The first-order chi connectivity index (χ1) is 15.8. The van der Waals surface area contributed by atoms with Gasteiger partial charge in [-0.3, -0.25) is 9.59 Å². The predicted molar refractivity (Wildman–Crippen MR) is 124 cm³/mol. The van der Waals surface area contributed by atoms with Gasteiger partial charge in [-0.25, -0.2) is 0 Å². The second-order valence-corrected chi connectivity index (χ2v) is 8.41. The van der Waals surface area contributed by atoms with Gasteiger partial charge in [0.1, 0.15) is 11.3 Å². The van der Waals surface area contributed by atoms with Crippen LogP contribution in [0.3, 0.4) is 0 Å². The Hall–Kier alpha value is -3.29. The predicted octanol–water partition coefficient (Wildman–Crippen LogP) is 5.10. The van der Waals surface area contributed by atoms with Gasteiger partial charge in [-0.1, -0.05) is 23.7 Å². The number of carbonyl (C=O) groups excluding carboxylic acids is 2. The number of amides is 1. The Morgan fingerprint density at radius 2 is 1.91 bits per heavy atom. The summed E-state index contributed by atoms with van der Waals surface area (Å²) in [7, 11) is 1.55. The van der Waals surface area contributed by atoms with Gasteiger partial charge in [0.25, 0.3) is 5.91 Å². The van der Waals surface area contributed by atoms with Crippen molar-refractivity contribution in [1.82, 2.24) is 4.90 Å². The number of aliphatic hydroxyl groups excluding tert-OH is 1. The van der Waals surface area contributed by atoms with Crippen LogP contribution < -0.4 is 4.74 Å². The number of fused-ring (bicyclic) bond motifs is 1. The Balaban J connectivity index is 1.74. The number of halogens is 1. The molecule has 2 aromatic carbocycles. The van der Waals surface area contributed by atoms with Gasteiger partial charge in [-0.2, -0.15) is 0 Å². The van der Waals surface area contributed by atoms with Crippen molar-refractivity contribution >= 4 is 34.3 Å². The Morgan fingerprint density at radius 1 is 1.18 bits per heavy atom. The van der Waals surface area contributed by atoms with Gasteiger partial charge in [0.05, 0.1) is 31.4 Å². The fraction of sp³-hybridized carbons (Fsp3) is 0.280. The summed E-state index contributed by atoms with van der Waals surface area (Å²) < 4.78 is 16.6. The molecule has 2 heterocycles. The lowest BCUT2D eigenvalue weighted by atomic mass is 9.95. The van der Waals surface area contributed by atoms with Crippen LogP contribution in [-0.2, 0) is 9.53 Å². The molecule has 1 aliphatic rings. The molecular weight excluding hydrogens is 446 g/mol. The molecule has 3 aromatic rings. The Labute approximate surface area is 196 Å². The van der Waals surface area contributed by atoms with Crippen LogP contribution in [0.4, 0.5) is 0 Å². The topological polar surface area (TPSA) is 89.2 Å². The van der Waals surface area contributed by atoms with Crippen molar-refractivity contribution in [2.75, 3.05) is 20.3 Å². The van der Waals surface area contributed by atoms with Gasteiger partial charge in [-0.05, 0) is 55.8 Å². The number of hydrogen-bond acceptors (Lipinski definition) is 6. The number of ether oxygens (including phenoxy) is 2. The maximum absolute atomic E-state index is 13.5. The number of furan rings is 1. The number of hydrogen-bond donors (Lipinski definition) is 1. The molecule has 0 saturated carbocycles. The number of nitrogens with zero attached hydrogens (tertiary/aromatic N) is 1. The number of rotatable bonds is 8.